The number of carbonyl (C=O) groups is 1. The largest absolute Gasteiger partial charge is 0.496 e. The number of benzene rings is 3. The van der Waals surface area contributed by atoms with Crippen molar-refractivity contribution in [1.82, 2.24) is 0 Å². The smallest absolute Gasteiger partial charge is 0.255 e. The molecule has 1 N–H and O–H groups in total. The summed E-state index contributed by atoms with van der Waals surface area (Å²) in [6, 6.07) is 18.8. The first-order valence-corrected chi connectivity index (χ1v) is 10.5. The number of ether oxygens (including phenoxy) is 2. The summed E-state index contributed by atoms with van der Waals surface area (Å²) >= 11 is 6.17. The standard InChI is InChI=1S/C26H28ClNO3/c1-17-21(27)10-8-11-22(17)28-25(29)18-13-14-23(30-5)19(15-18)16-31-24-12-7-6-9-20(24)26(2,3)4/h6-15H,16H2,1-5H3,(H,28,29). The van der Waals surface area contributed by atoms with Crippen LogP contribution in [0.25, 0.3) is 0 Å². The topological polar surface area (TPSA) is 47.6 Å². The van der Waals surface area contributed by atoms with Gasteiger partial charge in [-0.3, -0.25) is 4.79 Å². The van der Waals surface area contributed by atoms with Crippen molar-refractivity contribution in [2.45, 2.75) is 39.7 Å². The van der Waals surface area contributed by atoms with Crippen molar-refractivity contribution in [3.63, 3.8) is 0 Å². The first-order valence-electron chi connectivity index (χ1n) is 10.2. The van der Waals surface area contributed by atoms with Gasteiger partial charge in [0.2, 0.25) is 0 Å². The molecule has 31 heavy (non-hydrogen) atoms. The van der Waals surface area contributed by atoms with Gasteiger partial charge in [-0.1, -0.05) is 56.6 Å². The van der Waals surface area contributed by atoms with E-state index in [0.29, 0.717) is 22.0 Å². The van der Waals surface area contributed by atoms with Crippen LogP contribution in [0.3, 0.4) is 0 Å². The Labute approximate surface area is 189 Å². The molecular weight excluding hydrogens is 410 g/mol. The Morgan fingerprint density at radius 1 is 1.00 bits per heavy atom. The number of rotatable bonds is 6. The zero-order valence-electron chi connectivity index (χ0n) is 18.6. The Morgan fingerprint density at radius 3 is 2.45 bits per heavy atom. The maximum absolute atomic E-state index is 12.9. The molecular formula is C26H28ClNO3. The Kier molecular flexibility index (Phi) is 6.91. The average molecular weight is 438 g/mol. The van der Waals surface area contributed by atoms with E-state index in [0.717, 1.165) is 22.4 Å². The molecule has 0 heterocycles. The van der Waals surface area contributed by atoms with Gasteiger partial charge < -0.3 is 14.8 Å². The second-order valence-electron chi connectivity index (χ2n) is 8.43. The molecule has 3 aromatic rings. The third-order valence-corrected chi connectivity index (χ3v) is 5.55. The molecule has 0 radical (unpaired) electrons. The predicted octanol–water partition coefficient (Wildman–Crippen LogP) is 6.79. The first kappa shape index (κ1) is 22.7. The van der Waals surface area contributed by atoms with Gasteiger partial charge in [-0.25, -0.2) is 0 Å². The Morgan fingerprint density at radius 2 is 1.74 bits per heavy atom. The van der Waals surface area contributed by atoms with Crippen molar-refractivity contribution in [2.75, 3.05) is 12.4 Å². The lowest BCUT2D eigenvalue weighted by molar-refractivity contribution is 0.102. The molecule has 0 atom stereocenters. The SMILES string of the molecule is COc1ccc(C(=O)Nc2cccc(Cl)c2C)cc1COc1ccccc1C(C)(C)C. The molecule has 4 nitrogen and oxygen atoms in total. The summed E-state index contributed by atoms with van der Waals surface area (Å²) in [4.78, 5) is 12.9. The van der Waals surface area contributed by atoms with Gasteiger partial charge >= 0.3 is 0 Å². The third-order valence-electron chi connectivity index (χ3n) is 5.14. The number of hydrogen-bond acceptors (Lipinski definition) is 3. The lowest BCUT2D eigenvalue weighted by atomic mass is 9.86. The van der Waals surface area contributed by atoms with E-state index in [4.69, 9.17) is 21.1 Å². The highest BCUT2D eigenvalue weighted by Crippen LogP contribution is 2.32. The summed E-state index contributed by atoms with van der Waals surface area (Å²) in [5.41, 5.74) is 3.90. The normalized spacial score (nSPS) is 11.2. The van der Waals surface area contributed by atoms with Crippen molar-refractivity contribution < 1.29 is 14.3 Å². The molecule has 0 fully saturated rings. The molecule has 0 saturated heterocycles. The van der Waals surface area contributed by atoms with Crippen molar-refractivity contribution in [3.8, 4) is 11.5 Å². The van der Waals surface area contributed by atoms with Crippen LogP contribution < -0.4 is 14.8 Å². The van der Waals surface area contributed by atoms with Crippen LogP contribution in [0.2, 0.25) is 5.02 Å². The average Bonchev–Trinajstić information content (AvgIpc) is 2.74. The molecule has 0 aromatic heterocycles. The van der Waals surface area contributed by atoms with Crippen LogP contribution in [0.15, 0.2) is 60.7 Å². The number of carbonyl (C=O) groups excluding carboxylic acids is 1. The number of anilines is 1. The lowest BCUT2D eigenvalue weighted by Crippen LogP contribution is -2.15. The van der Waals surface area contributed by atoms with Crippen LogP contribution in [0, 0.1) is 6.92 Å². The highest BCUT2D eigenvalue weighted by molar-refractivity contribution is 6.31. The zero-order chi connectivity index (χ0) is 22.6. The Bertz CT molecular complexity index is 1090. The fraction of sp³-hybridized carbons (Fsp3) is 0.269. The van der Waals surface area contributed by atoms with Gasteiger partial charge in [-0.2, -0.15) is 0 Å². The number of amides is 1. The summed E-state index contributed by atoms with van der Waals surface area (Å²) in [6.45, 7) is 8.61. The summed E-state index contributed by atoms with van der Waals surface area (Å²) < 4.78 is 11.6. The van der Waals surface area contributed by atoms with Crippen molar-refractivity contribution in [3.05, 3.63) is 87.9 Å². The highest BCUT2D eigenvalue weighted by atomic mass is 35.5. The van der Waals surface area contributed by atoms with Gasteiger partial charge in [0.25, 0.3) is 5.91 Å². The fourth-order valence-electron chi connectivity index (χ4n) is 3.34. The molecule has 0 aliphatic rings. The van der Waals surface area contributed by atoms with Crippen LogP contribution in [-0.4, -0.2) is 13.0 Å². The molecule has 0 aliphatic carbocycles. The summed E-state index contributed by atoms with van der Waals surface area (Å²) in [6.07, 6.45) is 0. The number of methoxy groups -OCH3 is 1. The van der Waals surface area contributed by atoms with Gasteiger partial charge in [-0.15, -0.1) is 0 Å². The number of halogens is 1. The van der Waals surface area contributed by atoms with Gasteiger partial charge in [0.05, 0.1) is 7.11 Å². The minimum atomic E-state index is -0.218. The molecule has 3 aromatic carbocycles. The zero-order valence-corrected chi connectivity index (χ0v) is 19.3. The first-order chi connectivity index (χ1) is 14.7. The van der Waals surface area contributed by atoms with Gasteiger partial charge in [-0.05, 0) is 59.9 Å². The number of nitrogens with one attached hydrogen (secondary N) is 1. The van der Waals surface area contributed by atoms with E-state index in [-0.39, 0.29) is 17.9 Å². The molecule has 1 amide bonds. The van der Waals surface area contributed by atoms with Crippen LogP contribution in [0.5, 0.6) is 11.5 Å². The van der Waals surface area contributed by atoms with Crippen molar-refractivity contribution >= 4 is 23.2 Å². The van der Waals surface area contributed by atoms with E-state index < -0.39 is 0 Å². The van der Waals surface area contributed by atoms with Crippen LogP contribution in [0.4, 0.5) is 5.69 Å². The second kappa shape index (κ2) is 9.44. The van der Waals surface area contributed by atoms with E-state index in [2.05, 4.69) is 32.2 Å². The molecule has 5 heteroatoms. The maximum atomic E-state index is 12.9. The van der Waals surface area contributed by atoms with Crippen molar-refractivity contribution in [1.29, 1.82) is 0 Å². The van der Waals surface area contributed by atoms with Gasteiger partial charge in [0.1, 0.15) is 18.1 Å². The highest BCUT2D eigenvalue weighted by Gasteiger charge is 2.19. The summed E-state index contributed by atoms with van der Waals surface area (Å²) in [5, 5.41) is 3.54. The third kappa shape index (κ3) is 5.39. The molecule has 0 aliphatic heterocycles. The van der Waals surface area contributed by atoms with E-state index in [1.165, 1.54) is 0 Å². The molecule has 0 unspecified atom stereocenters. The Hall–Kier alpha value is -2.98. The number of para-hydroxylation sites is 1. The van der Waals surface area contributed by atoms with E-state index in [1.807, 2.05) is 37.3 Å². The predicted molar refractivity (Wildman–Crippen MR) is 127 cm³/mol. The van der Waals surface area contributed by atoms with Gasteiger partial charge in [0.15, 0.2) is 0 Å². The minimum absolute atomic E-state index is 0.0444. The summed E-state index contributed by atoms with van der Waals surface area (Å²) in [7, 11) is 1.61. The lowest BCUT2D eigenvalue weighted by Gasteiger charge is -2.23. The van der Waals surface area contributed by atoms with Crippen LogP contribution >= 0.6 is 11.6 Å². The quantitative estimate of drug-likeness (QED) is 0.462. The second-order valence-corrected chi connectivity index (χ2v) is 8.84. The van der Waals surface area contributed by atoms with Crippen LogP contribution in [-0.2, 0) is 12.0 Å². The monoisotopic (exact) mass is 437 g/mol. The molecule has 0 saturated carbocycles. The Balaban J connectivity index is 1.83. The minimum Gasteiger partial charge on any atom is -0.496 e. The van der Waals surface area contributed by atoms with Crippen molar-refractivity contribution in [2.24, 2.45) is 0 Å². The number of hydrogen-bond donors (Lipinski definition) is 1. The fourth-order valence-corrected chi connectivity index (χ4v) is 3.51. The van der Waals surface area contributed by atoms with Gasteiger partial charge in [0, 0.05) is 21.8 Å². The van der Waals surface area contributed by atoms with E-state index in [1.54, 1.807) is 31.4 Å². The molecule has 0 spiro atoms. The molecule has 0 bridgehead atoms. The van der Waals surface area contributed by atoms with Crippen LogP contribution in [0.1, 0.15) is 47.8 Å². The molecule has 3 rings (SSSR count). The van der Waals surface area contributed by atoms with E-state index in [9.17, 15) is 4.79 Å². The molecule has 162 valence electrons. The maximum Gasteiger partial charge on any atom is 0.255 e. The van der Waals surface area contributed by atoms with E-state index >= 15 is 0 Å². The summed E-state index contributed by atoms with van der Waals surface area (Å²) in [5.74, 6) is 1.27.